The number of thioether (sulfide) groups is 1. The maximum Gasteiger partial charge on any atom is 0.438 e. The molecular weight excluding hydrogens is 504 g/mol. The molecule has 190 valence electrons. The van der Waals surface area contributed by atoms with Gasteiger partial charge in [0.15, 0.2) is 5.17 Å². The molecule has 0 radical (unpaired) electrons. The summed E-state index contributed by atoms with van der Waals surface area (Å²) in [4.78, 5) is 45.1. The second-order valence-corrected chi connectivity index (χ2v) is 9.27. The number of carbonyl (C=O) groups excluding carboxylic acids is 2. The number of aliphatic imine (C=N–C) groups is 1. The number of amidine groups is 1. The van der Waals surface area contributed by atoms with Crippen LogP contribution in [0.2, 0.25) is 0 Å². The first-order valence-corrected chi connectivity index (χ1v) is 12.6. The quantitative estimate of drug-likeness (QED) is 0.222. The number of ether oxygens (including phenoxy) is 1. The number of hydrogen-bond donors (Lipinski definition) is 1. The third-order valence-corrected chi connectivity index (χ3v) is 6.84. The van der Waals surface area contributed by atoms with Crippen molar-refractivity contribution in [1.82, 2.24) is 5.27 Å². The van der Waals surface area contributed by atoms with Crippen LogP contribution in [0, 0.1) is 6.92 Å². The Kier molecular flexibility index (Phi) is 7.05. The highest BCUT2D eigenvalue weighted by atomic mass is 32.2. The first kappa shape index (κ1) is 25.0. The summed E-state index contributed by atoms with van der Waals surface area (Å²) in [5, 5.41) is 2.81. The summed E-state index contributed by atoms with van der Waals surface area (Å²) in [6, 6.07) is 23.6. The van der Waals surface area contributed by atoms with Crippen LogP contribution in [0.3, 0.4) is 0 Å². The van der Waals surface area contributed by atoms with Crippen LogP contribution in [-0.2, 0) is 4.79 Å². The fraction of sp³-hybridized carbons (Fsp3) is 0.107. The molecule has 38 heavy (non-hydrogen) atoms. The molecule has 0 atom stereocenters. The van der Waals surface area contributed by atoms with Crippen molar-refractivity contribution >= 4 is 40.4 Å². The molecule has 0 spiro atoms. The van der Waals surface area contributed by atoms with E-state index >= 15 is 0 Å². The van der Waals surface area contributed by atoms with E-state index < -0.39 is 11.4 Å². The van der Waals surface area contributed by atoms with Gasteiger partial charge in [0.05, 0.1) is 18.6 Å². The molecule has 1 aliphatic heterocycles. The number of ketones is 1. The standard InChI is InChI=1S/C28H22N4O5S/c1-18-8-6-7-9-19(18)16-23-26(34)31(20-10-4-3-5-11-20)28(29-23)38-17-24(33)25-27(35)37-30-32(25)21-12-14-22(36-2)15-13-21/h3-16H,17H2,1-2H3/p+1/b23-16+. The number of para-hydroxylation sites is 1. The summed E-state index contributed by atoms with van der Waals surface area (Å²) >= 11 is 1.07. The number of nitrogens with one attached hydrogen (secondary N) is 1. The first-order chi connectivity index (χ1) is 18.5. The zero-order valence-electron chi connectivity index (χ0n) is 20.6. The highest BCUT2D eigenvalue weighted by molar-refractivity contribution is 8.14. The Morgan fingerprint density at radius 1 is 1.05 bits per heavy atom. The van der Waals surface area contributed by atoms with Crippen molar-refractivity contribution in [2.24, 2.45) is 4.99 Å². The van der Waals surface area contributed by atoms with Crippen LogP contribution in [0.4, 0.5) is 5.69 Å². The lowest BCUT2D eigenvalue weighted by Gasteiger charge is -2.17. The number of benzene rings is 3. The minimum Gasteiger partial charge on any atom is -0.497 e. The van der Waals surface area contributed by atoms with Crippen molar-refractivity contribution in [3.63, 3.8) is 0 Å². The van der Waals surface area contributed by atoms with Crippen LogP contribution < -0.4 is 19.9 Å². The summed E-state index contributed by atoms with van der Waals surface area (Å²) in [6.45, 7) is 1.96. The van der Waals surface area contributed by atoms with Crippen LogP contribution >= 0.6 is 11.8 Å². The number of nitrogens with zero attached hydrogens (tertiary/aromatic N) is 3. The van der Waals surface area contributed by atoms with Gasteiger partial charge in [0.2, 0.25) is 11.5 Å². The van der Waals surface area contributed by atoms with Crippen molar-refractivity contribution < 1.29 is 23.5 Å². The van der Waals surface area contributed by atoms with Gasteiger partial charge in [-0.25, -0.2) is 9.79 Å². The lowest BCUT2D eigenvalue weighted by atomic mass is 10.1. The molecule has 10 heteroatoms. The fourth-order valence-electron chi connectivity index (χ4n) is 3.92. The number of aromatic nitrogens is 2. The lowest BCUT2D eigenvalue weighted by molar-refractivity contribution is -0.672. The average molecular weight is 528 g/mol. The molecule has 0 saturated carbocycles. The molecule has 1 aliphatic rings. The number of methoxy groups -OCH3 is 1. The van der Waals surface area contributed by atoms with Crippen LogP contribution in [0.15, 0.2) is 98.9 Å². The topological polar surface area (TPSA) is 109 Å². The van der Waals surface area contributed by atoms with Crippen LogP contribution in [0.5, 0.6) is 5.75 Å². The monoisotopic (exact) mass is 527 g/mol. The van der Waals surface area contributed by atoms with E-state index in [1.807, 2.05) is 49.4 Å². The number of anilines is 1. The van der Waals surface area contributed by atoms with E-state index in [-0.39, 0.29) is 23.1 Å². The molecule has 3 aromatic carbocycles. The summed E-state index contributed by atoms with van der Waals surface area (Å²) in [5.74, 6) is -0.307. The Hall–Kier alpha value is -4.70. The third-order valence-electron chi connectivity index (χ3n) is 5.90. The van der Waals surface area contributed by atoms with E-state index in [9.17, 15) is 14.4 Å². The van der Waals surface area contributed by atoms with Crippen molar-refractivity contribution in [1.29, 1.82) is 0 Å². The van der Waals surface area contributed by atoms with Gasteiger partial charge in [-0.05, 0) is 58.3 Å². The van der Waals surface area contributed by atoms with Gasteiger partial charge in [-0.1, -0.05) is 54.2 Å². The maximum absolute atomic E-state index is 13.4. The Morgan fingerprint density at radius 2 is 1.76 bits per heavy atom. The molecule has 5 rings (SSSR count). The number of amides is 1. The van der Waals surface area contributed by atoms with Gasteiger partial charge in [-0.3, -0.25) is 19.0 Å². The summed E-state index contributed by atoms with van der Waals surface area (Å²) in [6.07, 6.45) is 1.74. The van der Waals surface area contributed by atoms with Crippen LogP contribution in [-0.4, -0.2) is 35.0 Å². The highest BCUT2D eigenvalue weighted by Crippen LogP contribution is 2.30. The van der Waals surface area contributed by atoms with Crippen LogP contribution in [0.1, 0.15) is 21.6 Å². The molecule has 1 amide bonds. The SMILES string of the molecule is COc1ccc(-[n+]2[nH]oc(=O)c2C(=O)CSC2=N/C(=C/c3ccccc3C)C(=O)N2c2ccccc2)cc1. The minimum absolute atomic E-state index is 0.147. The van der Waals surface area contributed by atoms with Gasteiger partial charge in [-0.15, -0.1) is 0 Å². The Morgan fingerprint density at radius 3 is 2.47 bits per heavy atom. The predicted molar refractivity (Wildman–Crippen MR) is 145 cm³/mol. The first-order valence-electron chi connectivity index (χ1n) is 11.7. The minimum atomic E-state index is -0.795. The van der Waals surface area contributed by atoms with Gasteiger partial charge < -0.3 is 4.74 Å². The summed E-state index contributed by atoms with van der Waals surface area (Å²) in [5.41, 5.74) is 2.32. The number of aromatic amines is 1. The van der Waals surface area contributed by atoms with Gasteiger partial charge in [-0.2, -0.15) is 0 Å². The van der Waals surface area contributed by atoms with E-state index in [2.05, 4.69) is 10.3 Å². The average Bonchev–Trinajstić information content (AvgIpc) is 3.48. The summed E-state index contributed by atoms with van der Waals surface area (Å²) < 4.78 is 11.4. The highest BCUT2D eigenvalue weighted by Gasteiger charge is 2.35. The van der Waals surface area contributed by atoms with Gasteiger partial charge in [0, 0.05) is 12.1 Å². The van der Waals surface area contributed by atoms with Crippen molar-refractivity contribution in [2.75, 3.05) is 17.8 Å². The van der Waals surface area contributed by atoms with E-state index in [1.165, 1.54) is 9.58 Å². The van der Waals surface area contributed by atoms with E-state index in [0.29, 0.717) is 22.3 Å². The second-order valence-electron chi connectivity index (χ2n) is 8.33. The molecule has 0 saturated heterocycles. The van der Waals surface area contributed by atoms with E-state index in [0.717, 1.165) is 22.9 Å². The van der Waals surface area contributed by atoms with E-state index in [4.69, 9.17) is 9.26 Å². The molecule has 4 aromatic rings. The maximum atomic E-state index is 13.4. The zero-order valence-corrected chi connectivity index (χ0v) is 21.4. The van der Waals surface area contributed by atoms with Gasteiger partial charge >= 0.3 is 11.3 Å². The summed E-state index contributed by atoms with van der Waals surface area (Å²) in [7, 11) is 1.55. The van der Waals surface area contributed by atoms with Crippen molar-refractivity contribution in [3.05, 3.63) is 112 Å². The normalized spacial score (nSPS) is 14.2. The molecule has 0 aliphatic carbocycles. The second kappa shape index (κ2) is 10.7. The number of hydrogen-bond acceptors (Lipinski definition) is 7. The van der Waals surface area contributed by atoms with Crippen molar-refractivity contribution in [2.45, 2.75) is 6.92 Å². The molecule has 2 heterocycles. The largest absolute Gasteiger partial charge is 0.497 e. The number of H-pyrrole nitrogens is 1. The van der Waals surface area contributed by atoms with Crippen LogP contribution in [0.25, 0.3) is 11.8 Å². The lowest BCUT2D eigenvalue weighted by Crippen LogP contribution is -2.41. The van der Waals surface area contributed by atoms with E-state index in [1.54, 1.807) is 49.6 Å². The third kappa shape index (κ3) is 4.94. The predicted octanol–water partition coefficient (Wildman–Crippen LogP) is 3.92. The molecule has 0 fully saturated rings. The Bertz CT molecular complexity index is 1620. The number of Topliss-reactive ketones (excluding diaryl/α,β-unsaturated/α-hetero) is 1. The van der Waals surface area contributed by atoms with Crippen molar-refractivity contribution in [3.8, 4) is 11.4 Å². The Labute approximate surface area is 222 Å². The molecule has 9 nitrogen and oxygen atoms in total. The molecular formula is C28H23N4O5S+. The zero-order chi connectivity index (χ0) is 26.6. The fourth-order valence-corrected chi connectivity index (χ4v) is 4.79. The Balaban J connectivity index is 1.44. The number of carbonyl (C=O) groups is 2. The molecule has 0 bridgehead atoms. The number of aryl methyl sites for hydroxylation is 1. The number of rotatable bonds is 7. The smallest absolute Gasteiger partial charge is 0.438 e. The van der Waals surface area contributed by atoms with Gasteiger partial charge in [0.1, 0.15) is 11.4 Å². The van der Waals surface area contributed by atoms with Gasteiger partial charge in [0.25, 0.3) is 5.91 Å². The molecule has 1 aromatic heterocycles. The molecule has 1 N–H and O–H groups in total. The molecule has 0 unspecified atom stereocenters.